The van der Waals surface area contributed by atoms with Gasteiger partial charge in [0.15, 0.2) is 0 Å². The average Bonchev–Trinajstić information content (AvgIpc) is 2.99. The predicted octanol–water partition coefficient (Wildman–Crippen LogP) is 3.74. The standard InChI is InChI=1S/C23H29F2N4O/c1-2-26-23(30)29-17-16-28(15-13-27-29)14-3-4-22(18-5-9-20(24)10-6-18)19-7-11-21(25)12-8-19/h5-12,22,27H,2-4,13-17H2,1H3. The second kappa shape index (κ2) is 11.0. The Bertz CT molecular complexity index is 752. The van der Waals surface area contributed by atoms with Gasteiger partial charge in [0.2, 0.25) is 0 Å². The molecule has 5 nitrogen and oxygen atoms in total. The van der Waals surface area contributed by atoms with Crippen LogP contribution >= 0.6 is 0 Å². The van der Waals surface area contributed by atoms with E-state index in [9.17, 15) is 13.6 Å². The Kier molecular flexibility index (Phi) is 8.16. The van der Waals surface area contributed by atoms with Gasteiger partial charge in [-0.25, -0.2) is 24.3 Å². The molecule has 0 aromatic heterocycles. The van der Waals surface area contributed by atoms with Gasteiger partial charge in [0.25, 0.3) is 0 Å². The third-order valence-electron chi connectivity index (χ3n) is 5.41. The second-order valence-corrected chi connectivity index (χ2v) is 7.46. The Balaban J connectivity index is 1.58. The van der Waals surface area contributed by atoms with Crippen molar-refractivity contribution in [2.75, 3.05) is 39.3 Å². The van der Waals surface area contributed by atoms with Gasteiger partial charge >= 0.3 is 6.03 Å². The zero-order chi connectivity index (χ0) is 21.3. The topological polar surface area (TPSA) is 49.7 Å². The van der Waals surface area contributed by atoms with E-state index < -0.39 is 0 Å². The molecular formula is C23H29F2N4O. The normalized spacial score (nSPS) is 15.3. The lowest BCUT2D eigenvalue weighted by Gasteiger charge is -2.23. The maximum Gasteiger partial charge on any atom is 0.353 e. The van der Waals surface area contributed by atoms with Crippen molar-refractivity contribution in [3.63, 3.8) is 0 Å². The van der Waals surface area contributed by atoms with Crippen molar-refractivity contribution in [1.82, 2.24) is 20.7 Å². The number of carbonyl (C=O) groups is 1. The number of hydrogen-bond acceptors (Lipinski definition) is 3. The van der Waals surface area contributed by atoms with Gasteiger partial charge in [-0.1, -0.05) is 24.3 Å². The van der Waals surface area contributed by atoms with Crippen molar-refractivity contribution >= 4 is 6.03 Å². The molecule has 2 aromatic rings. The van der Waals surface area contributed by atoms with E-state index in [-0.39, 0.29) is 23.6 Å². The molecule has 2 amide bonds. The van der Waals surface area contributed by atoms with Crippen LogP contribution in [0.25, 0.3) is 0 Å². The van der Waals surface area contributed by atoms with Gasteiger partial charge < -0.3 is 4.90 Å². The molecule has 0 atom stereocenters. The number of nitrogens with one attached hydrogen (secondary N) is 1. The highest BCUT2D eigenvalue weighted by Crippen LogP contribution is 2.29. The third kappa shape index (κ3) is 6.24. The molecule has 1 N–H and O–H groups in total. The van der Waals surface area contributed by atoms with Gasteiger partial charge in [0, 0.05) is 32.1 Å². The summed E-state index contributed by atoms with van der Waals surface area (Å²) in [6, 6.07) is 12.9. The lowest BCUT2D eigenvalue weighted by molar-refractivity contribution is 0.175. The van der Waals surface area contributed by atoms with E-state index in [1.54, 1.807) is 29.3 Å². The monoisotopic (exact) mass is 415 g/mol. The van der Waals surface area contributed by atoms with Crippen molar-refractivity contribution in [3.05, 3.63) is 71.3 Å². The second-order valence-electron chi connectivity index (χ2n) is 7.46. The van der Waals surface area contributed by atoms with Gasteiger partial charge in [-0.15, -0.1) is 0 Å². The summed E-state index contributed by atoms with van der Waals surface area (Å²) in [6.07, 6.45) is 1.81. The lowest BCUT2D eigenvalue weighted by atomic mass is 9.87. The summed E-state index contributed by atoms with van der Waals surface area (Å²) in [7, 11) is 0. The van der Waals surface area contributed by atoms with Gasteiger partial charge in [-0.05, 0) is 61.7 Å². The van der Waals surface area contributed by atoms with Gasteiger partial charge in [0.05, 0.1) is 6.54 Å². The van der Waals surface area contributed by atoms with Crippen LogP contribution in [0.1, 0.15) is 36.8 Å². The van der Waals surface area contributed by atoms with Crippen molar-refractivity contribution < 1.29 is 13.6 Å². The summed E-state index contributed by atoms with van der Waals surface area (Å²) >= 11 is 0. The van der Waals surface area contributed by atoms with E-state index in [1.807, 2.05) is 6.92 Å². The minimum atomic E-state index is -0.261. The number of halogens is 2. The van der Waals surface area contributed by atoms with Crippen LogP contribution < -0.4 is 10.7 Å². The Morgan fingerprint density at radius 1 is 1.00 bits per heavy atom. The summed E-state index contributed by atoms with van der Waals surface area (Å²) in [6.45, 7) is 6.17. The zero-order valence-electron chi connectivity index (χ0n) is 17.4. The maximum atomic E-state index is 13.4. The number of urea groups is 1. The van der Waals surface area contributed by atoms with Crippen LogP contribution in [-0.4, -0.2) is 55.2 Å². The summed E-state index contributed by atoms with van der Waals surface area (Å²) in [5.74, 6) is -0.442. The molecule has 1 heterocycles. The molecule has 1 aliphatic rings. The van der Waals surface area contributed by atoms with E-state index >= 15 is 0 Å². The SMILES string of the molecule is CC[N]C(=O)N1CCN(CCCC(c2ccc(F)cc2)c2ccc(F)cc2)CCN1. The Morgan fingerprint density at radius 2 is 1.60 bits per heavy atom. The highest BCUT2D eigenvalue weighted by Gasteiger charge is 2.20. The molecule has 0 aliphatic carbocycles. The smallest absolute Gasteiger partial charge is 0.300 e. The zero-order valence-corrected chi connectivity index (χ0v) is 17.4. The number of hydrogen-bond donors (Lipinski definition) is 1. The van der Waals surface area contributed by atoms with Crippen LogP contribution in [0.4, 0.5) is 13.6 Å². The van der Waals surface area contributed by atoms with Gasteiger partial charge in [0.1, 0.15) is 11.6 Å². The average molecular weight is 416 g/mol. The van der Waals surface area contributed by atoms with E-state index in [4.69, 9.17) is 0 Å². The number of nitrogens with zero attached hydrogens (tertiary/aromatic N) is 3. The number of rotatable bonds is 7. The first kappa shape index (κ1) is 22.2. The van der Waals surface area contributed by atoms with E-state index in [0.29, 0.717) is 19.6 Å². The van der Waals surface area contributed by atoms with Gasteiger partial charge in [-0.3, -0.25) is 5.01 Å². The highest BCUT2D eigenvalue weighted by molar-refractivity contribution is 5.73. The Hall–Kier alpha value is -2.51. The summed E-state index contributed by atoms with van der Waals surface area (Å²) < 4.78 is 26.8. The van der Waals surface area contributed by atoms with Crippen LogP contribution in [0.5, 0.6) is 0 Å². The molecule has 7 heteroatoms. The van der Waals surface area contributed by atoms with E-state index in [2.05, 4.69) is 15.6 Å². The molecule has 1 fully saturated rings. The van der Waals surface area contributed by atoms with E-state index in [1.165, 1.54) is 24.3 Å². The van der Waals surface area contributed by atoms with Crippen molar-refractivity contribution in [2.24, 2.45) is 0 Å². The summed E-state index contributed by atoms with van der Waals surface area (Å²) in [4.78, 5) is 14.3. The number of benzene rings is 2. The third-order valence-corrected chi connectivity index (χ3v) is 5.41. The molecule has 30 heavy (non-hydrogen) atoms. The maximum absolute atomic E-state index is 13.4. The van der Waals surface area contributed by atoms with Crippen molar-refractivity contribution in [2.45, 2.75) is 25.7 Å². The number of carbonyl (C=O) groups excluding carboxylic acids is 1. The molecule has 3 rings (SSSR count). The van der Waals surface area contributed by atoms with Crippen LogP contribution in [0, 0.1) is 11.6 Å². The van der Waals surface area contributed by atoms with E-state index in [0.717, 1.165) is 43.6 Å². The molecule has 0 bridgehead atoms. The first-order valence-corrected chi connectivity index (χ1v) is 10.5. The van der Waals surface area contributed by atoms with Crippen LogP contribution in [0.2, 0.25) is 0 Å². The van der Waals surface area contributed by atoms with Crippen molar-refractivity contribution in [1.29, 1.82) is 0 Å². The first-order chi connectivity index (χ1) is 14.6. The minimum Gasteiger partial charge on any atom is -0.300 e. The Morgan fingerprint density at radius 3 is 2.17 bits per heavy atom. The lowest BCUT2D eigenvalue weighted by Crippen LogP contribution is -2.46. The fourth-order valence-electron chi connectivity index (χ4n) is 3.82. The van der Waals surface area contributed by atoms with Crippen molar-refractivity contribution in [3.8, 4) is 0 Å². The molecule has 1 saturated heterocycles. The molecular weight excluding hydrogens is 386 g/mol. The minimum absolute atomic E-state index is 0.0812. The highest BCUT2D eigenvalue weighted by atomic mass is 19.1. The summed E-state index contributed by atoms with van der Waals surface area (Å²) in [5.41, 5.74) is 5.19. The largest absolute Gasteiger partial charge is 0.353 e. The van der Waals surface area contributed by atoms with Crippen LogP contribution in [0.3, 0.4) is 0 Å². The number of hydrazine groups is 1. The fraction of sp³-hybridized carbons (Fsp3) is 0.435. The molecule has 0 spiro atoms. The fourth-order valence-corrected chi connectivity index (χ4v) is 3.82. The Labute approximate surface area is 177 Å². The molecule has 2 aromatic carbocycles. The quantitative estimate of drug-likeness (QED) is 0.750. The first-order valence-electron chi connectivity index (χ1n) is 10.5. The molecule has 1 radical (unpaired) electrons. The molecule has 1 aliphatic heterocycles. The van der Waals surface area contributed by atoms with Crippen LogP contribution in [0.15, 0.2) is 48.5 Å². The molecule has 161 valence electrons. The summed E-state index contributed by atoms with van der Waals surface area (Å²) in [5, 5.41) is 5.52. The predicted molar refractivity (Wildman–Crippen MR) is 113 cm³/mol. The number of amides is 2. The molecule has 0 saturated carbocycles. The van der Waals surface area contributed by atoms with Crippen LogP contribution in [-0.2, 0) is 0 Å². The molecule has 0 unspecified atom stereocenters. The van der Waals surface area contributed by atoms with Gasteiger partial charge in [-0.2, -0.15) is 0 Å².